The Kier molecular flexibility index (Phi) is 3.56. The Hall–Kier alpha value is -0.840. The van der Waals surface area contributed by atoms with E-state index < -0.39 is 0 Å². The van der Waals surface area contributed by atoms with Crippen molar-refractivity contribution in [3.8, 4) is 0 Å². The van der Waals surface area contributed by atoms with Gasteiger partial charge in [0.1, 0.15) is 0 Å². The molecule has 0 aromatic carbocycles. The molecule has 17 heavy (non-hydrogen) atoms. The summed E-state index contributed by atoms with van der Waals surface area (Å²) >= 11 is 3.95. The lowest BCUT2D eigenvalue weighted by Crippen LogP contribution is -2.53. The first-order chi connectivity index (χ1) is 8.06. The van der Waals surface area contributed by atoms with Crippen LogP contribution >= 0.6 is 15.9 Å². The molecule has 0 unspecified atom stereocenters. The van der Waals surface area contributed by atoms with Gasteiger partial charge in [0.15, 0.2) is 4.57 Å². The van der Waals surface area contributed by atoms with Gasteiger partial charge in [-0.1, -0.05) is 13.3 Å². The minimum Gasteiger partial charge on any atom is -0.362 e. The zero-order valence-electron chi connectivity index (χ0n) is 10.8. The summed E-state index contributed by atoms with van der Waals surface area (Å²) in [5.41, 5.74) is 0. The maximum Gasteiger partial charge on any atom is 0.172 e. The zero-order chi connectivity index (χ0) is 12.5. The van der Waals surface area contributed by atoms with Gasteiger partial charge < -0.3 is 19.6 Å². The maximum atomic E-state index is 3.95. The minimum absolute atomic E-state index is 0.107. The number of hydrogen-bond acceptors (Lipinski definition) is 4. The smallest absolute Gasteiger partial charge is 0.172 e. The van der Waals surface area contributed by atoms with Crippen LogP contribution < -0.4 is 0 Å². The van der Waals surface area contributed by atoms with Crippen LogP contribution in [0.25, 0.3) is 0 Å². The average molecular weight is 301 g/mol. The fourth-order valence-electron chi connectivity index (χ4n) is 2.27. The molecule has 0 aliphatic carbocycles. The summed E-state index contributed by atoms with van der Waals surface area (Å²) in [6.07, 6.45) is 10.8. The Morgan fingerprint density at radius 2 is 1.47 bits per heavy atom. The van der Waals surface area contributed by atoms with Crippen molar-refractivity contribution in [2.24, 2.45) is 0 Å². The first-order valence-corrected chi connectivity index (χ1v) is 6.85. The molecule has 0 bridgehead atoms. The number of alkyl halides is 1. The van der Waals surface area contributed by atoms with Crippen LogP contribution in [0.3, 0.4) is 0 Å². The van der Waals surface area contributed by atoms with E-state index >= 15 is 0 Å². The standard InChI is InChI=1S/C12H21BrN4/c1-4-5-12(13,16-8-6-14(2)10-16)17-9-7-15(3)11-17/h6-9H,4-5,10-11H2,1-3H3. The summed E-state index contributed by atoms with van der Waals surface area (Å²) in [7, 11) is 4.20. The molecule has 0 aromatic heterocycles. The van der Waals surface area contributed by atoms with Crippen LogP contribution in [0.4, 0.5) is 0 Å². The highest BCUT2D eigenvalue weighted by Crippen LogP contribution is 2.36. The van der Waals surface area contributed by atoms with E-state index in [4.69, 9.17) is 0 Å². The quantitative estimate of drug-likeness (QED) is 0.583. The third kappa shape index (κ3) is 2.39. The largest absolute Gasteiger partial charge is 0.362 e. The fourth-order valence-corrected chi connectivity index (χ4v) is 3.13. The second kappa shape index (κ2) is 4.80. The van der Waals surface area contributed by atoms with E-state index in [2.05, 4.69) is 81.3 Å². The lowest BCUT2D eigenvalue weighted by molar-refractivity contribution is 0.0600. The van der Waals surface area contributed by atoms with Gasteiger partial charge in [0.25, 0.3) is 0 Å². The van der Waals surface area contributed by atoms with Crippen LogP contribution in [0.5, 0.6) is 0 Å². The second-order valence-corrected chi connectivity index (χ2v) is 6.07. The lowest BCUT2D eigenvalue weighted by Gasteiger charge is -2.44. The third-order valence-corrected chi connectivity index (χ3v) is 4.51. The number of nitrogens with zero attached hydrogens (tertiary/aromatic N) is 4. The summed E-state index contributed by atoms with van der Waals surface area (Å²) in [5, 5.41) is 0. The van der Waals surface area contributed by atoms with Crippen LogP contribution in [-0.2, 0) is 0 Å². The van der Waals surface area contributed by atoms with E-state index in [0.717, 1.165) is 26.2 Å². The van der Waals surface area contributed by atoms with E-state index in [0.29, 0.717) is 0 Å². The van der Waals surface area contributed by atoms with E-state index in [-0.39, 0.29) is 4.57 Å². The normalized spacial score (nSPS) is 20.0. The average Bonchev–Trinajstić information content (AvgIpc) is 2.88. The van der Waals surface area contributed by atoms with E-state index in [1.165, 1.54) is 0 Å². The number of hydrogen-bond donors (Lipinski definition) is 0. The molecule has 2 rings (SSSR count). The van der Waals surface area contributed by atoms with Crippen LogP contribution in [0.1, 0.15) is 19.8 Å². The molecular formula is C12H21BrN4. The van der Waals surface area contributed by atoms with E-state index in [1.807, 2.05) is 0 Å². The van der Waals surface area contributed by atoms with E-state index in [9.17, 15) is 0 Å². The van der Waals surface area contributed by atoms with Gasteiger partial charge >= 0.3 is 0 Å². The summed E-state index contributed by atoms with van der Waals surface area (Å²) in [6, 6.07) is 0. The Morgan fingerprint density at radius 1 is 1.00 bits per heavy atom. The molecule has 4 nitrogen and oxygen atoms in total. The molecule has 96 valence electrons. The molecule has 0 saturated heterocycles. The van der Waals surface area contributed by atoms with Crippen molar-refractivity contribution < 1.29 is 0 Å². The number of rotatable bonds is 4. The first kappa shape index (κ1) is 12.6. The van der Waals surface area contributed by atoms with E-state index in [1.54, 1.807) is 0 Å². The minimum atomic E-state index is -0.107. The summed E-state index contributed by atoms with van der Waals surface area (Å²) < 4.78 is -0.107. The molecule has 0 spiro atoms. The molecule has 0 atom stereocenters. The van der Waals surface area contributed by atoms with Crippen LogP contribution in [0, 0.1) is 0 Å². The maximum absolute atomic E-state index is 3.95. The molecule has 0 N–H and O–H groups in total. The Balaban J connectivity index is 2.14. The van der Waals surface area contributed by atoms with Gasteiger partial charge in [-0.3, -0.25) is 0 Å². The zero-order valence-corrected chi connectivity index (χ0v) is 12.4. The van der Waals surface area contributed by atoms with Crippen molar-refractivity contribution >= 4 is 15.9 Å². The van der Waals surface area contributed by atoms with Crippen LogP contribution in [-0.4, -0.2) is 51.6 Å². The topological polar surface area (TPSA) is 13.0 Å². The highest BCUT2D eigenvalue weighted by atomic mass is 79.9. The molecule has 0 saturated carbocycles. The highest BCUT2D eigenvalue weighted by molar-refractivity contribution is 9.10. The predicted molar refractivity (Wildman–Crippen MR) is 73.8 cm³/mol. The lowest BCUT2D eigenvalue weighted by atomic mass is 10.2. The van der Waals surface area contributed by atoms with Gasteiger partial charge in [0, 0.05) is 38.9 Å². The van der Waals surface area contributed by atoms with Crippen LogP contribution in [0.2, 0.25) is 0 Å². The Bertz CT molecular complexity index is 302. The van der Waals surface area contributed by atoms with Crippen molar-refractivity contribution in [2.45, 2.75) is 24.3 Å². The molecule has 0 radical (unpaired) electrons. The summed E-state index contributed by atoms with van der Waals surface area (Å²) in [6.45, 7) is 4.08. The second-order valence-electron chi connectivity index (χ2n) is 4.80. The van der Waals surface area contributed by atoms with Crippen molar-refractivity contribution in [2.75, 3.05) is 27.4 Å². The Labute approximate surface area is 112 Å². The molecule has 2 heterocycles. The van der Waals surface area contributed by atoms with Gasteiger partial charge in [-0.25, -0.2) is 0 Å². The molecule has 0 aromatic rings. The van der Waals surface area contributed by atoms with Crippen molar-refractivity contribution in [3.05, 3.63) is 24.8 Å². The molecule has 5 heteroatoms. The van der Waals surface area contributed by atoms with Crippen molar-refractivity contribution in [1.29, 1.82) is 0 Å². The molecular weight excluding hydrogens is 280 g/mol. The predicted octanol–water partition coefficient (Wildman–Crippen LogP) is 2.19. The SMILES string of the molecule is CCCC(Br)(N1C=CN(C)C1)N1C=CN(C)C1. The van der Waals surface area contributed by atoms with Gasteiger partial charge in [-0.2, -0.15) is 0 Å². The van der Waals surface area contributed by atoms with Crippen molar-refractivity contribution in [1.82, 2.24) is 19.6 Å². The third-order valence-electron chi connectivity index (χ3n) is 3.20. The molecule has 2 aliphatic heterocycles. The van der Waals surface area contributed by atoms with Gasteiger partial charge in [-0.05, 0) is 22.4 Å². The van der Waals surface area contributed by atoms with Gasteiger partial charge in [0.05, 0.1) is 13.3 Å². The molecule has 0 fully saturated rings. The molecule has 2 aliphatic rings. The summed E-state index contributed by atoms with van der Waals surface area (Å²) in [4.78, 5) is 9.07. The Morgan fingerprint density at radius 3 is 1.76 bits per heavy atom. The van der Waals surface area contributed by atoms with Gasteiger partial charge in [0.2, 0.25) is 0 Å². The first-order valence-electron chi connectivity index (χ1n) is 6.06. The van der Waals surface area contributed by atoms with Gasteiger partial charge in [-0.15, -0.1) is 0 Å². The summed E-state index contributed by atoms with van der Waals surface area (Å²) in [5.74, 6) is 0. The number of halogens is 1. The monoisotopic (exact) mass is 300 g/mol. The molecule has 0 amide bonds. The van der Waals surface area contributed by atoms with Crippen molar-refractivity contribution in [3.63, 3.8) is 0 Å². The van der Waals surface area contributed by atoms with Crippen LogP contribution in [0.15, 0.2) is 24.8 Å². The highest BCUT2D eigenvalue weighted by Gasteiger charge is 2.39. The fraction of sp³-hybridized carbons (Fsp3) is 0.667.